The number of nitrogens with zero attached hydrogens (tertiary/aromatic N) is 4. The van der Waals surface area contributed by atoms with Crippen molar-refractivity contribution in [1.29, 1.82) is 0 Å². The summed E-state index contributed by atoms with van der Waals surface area (Å²) in [5, 5.41) is 7.51. The Bertz CT molecular complexity index is 1270. The Hall–Kier alpha value is -4.19. The molecule has 8 nitrogen and oxygen atoms in total. The Morgan fingerprint density at radius 1 is 1.00 bits per heavy atom. The Balaban J connectivity index is 1.23. The molecule has 0 aliphatic rings. The van der Waals surface area contributed by atoms with E-state index in [1.807, 2.05) is 0 Å². The van der Waals surface area contributed by atoms with Gasteiger partial charge in [-0.2, -0.15) is 0 Å². The van der Waals surface area contributed by atoms with E-state index in [0.29, 0.717) is 35.7 Å². The molecule has 188 valence electrons. The maximum Gasteiger partial charge on any atom is 0.573 e. The predicted octanol–water partition coefficient (Wildman–Crippen LogP) is 5.27. The molecule has 0 aliphatic heterocycles. The van der Waals surface area contributed by atoms with Crippen LogP contribution in [-0.4, -0.2) is 32.9 Å². The average molecular weight is 504 g/mol. The van der Waals surface area contributed by atoms with Crippen LogP contribution in [0.1, 0.15) is 22.7 Å². The minimum atomic E-state index is -4.74. The predicted molar refractivity (Wildman–Crippen MR) is 119 cm³/mol. The molecule has 0 aliphatic carbocycles. The monoisotopic (exact) mass is 504 g/mol. The zero-order valence-electron chi connectivity index (χ0n) is 18.7. The maximum atomic E-state index is 14.4. The summed E-state index contributed by atoms with van der Waals surface area (Å²) < 4.78 is 72.9. The molecule has 2 aromatic heterocycles. The molecule has 0 saturated heterocycles. The molecule has 4 rings (SSSR count). The van der Waals surface area contributed by atoms with E-state index in [-0.39, 0.29) is 24.9 Å². The van der Waals surface area contributed by atoms with Crippen LogP contribution in [0, 0.1) is 5.82 Å². The molecule has 0 unspecified atom stereocenters. The zero-order valence-corrected chi connectivity index (χ0v) is 18.7. The molecule has 0 fully saturated rings. The molecule has 0 atom stereocenters. The van der Waals surface area contributed by atoms with Gasteiger partial charge >= 0.3 is 6.36 Å². The number of aromatic nitrogens is 4. The van der Waals surface area contributed by atoms with Gasteiger partial charge < -0.3 is 18.6 Å². The number of hydrogen-bond acceptors (Lipinski definition) is 7. The fourth-order valence-corrected chi connectivity index (χ4v) is 3.00. The van der Waals surface area contributed by atoms with Gasteiger partial charge in [0.1, 0.15) is 35.9 Å². The maximum absolute atomic E-state index is 14.4. The van der Waals surface area contributed by atoms with Crippen LogP contribution in [0.3, 0.4) is 0 Å². The molecule has 0 bridgehead atoms. The van der Waals surface area contributed by atoms with Crippen molar-refractivity contribution >= 4 is 12.2 Å². The summed E-state index contributed by atoms with van der Waals surface area (Å²) in [6, 6.07) is 9.82. The standard InChI is InChI=1S/C24H20F4N4O4/c25-22-13-21(7-4-18(22)14-33-12-11-32-10-9-29-31-32)34-15-19-16-35-23(30-19)8-3-17-1-5-20(6-2-17)36-24(26,27)28/h1-10,13,16H,11-12,14-15H2/b8-3+. The first-order chi connectivity index (χ1) is 17.3. The molecule has 4 aromatic rings. The van der Waals surface area contributed by atoms with Crippen molar-refractivity contribution in [2.45, 2.75) is 26.1 Å². The third-order valence-electron chi connectivity index (χ3n) is 4.71. The topological polar surface area (TPSA) is 84.4 Å². The summed E-state index contributed by atoms with van der Waals surface area (Å²) in [7, 11) is 0. The number of rotatable bonds is 11. The number of alkyl halides is 3. The van der Waals surface area contributed by atoms with Crippen molar-refractivity contribution < 1.29 is 36.2 Å². The van der Waals surface area contributed by atoms with Crippen molar-refractivity contribution in [2.75, 3.05) is 6.61 Å². The molecule has 2 heterocycles. The second-order valence-electron chi connectivity index (χ2n) is 7.39. The highest BCUT2D eigenvalue weighted by atomic mass is 19.4. The van der Waals surface area contributed by atoms with Crippen molar-refractivity contribution in [3.05, 3.63) is 89.7 Å². The van der Waals surface area contributed by atoms with Gasteiger partial charge in [-0.1, -0.05) is 23.4 Å². The summed E-state index contributed by atoms with van der Waals surface area (Å²) >= 11 is 0. The van der Waals surface area contributed by atoms with Gasteiger partial charge in [-0.25, -0.2) is 9.37 Å². The fraction of sp³-hybridized carbons (Fsp3) is 0.208. The van der Waals surface area contributed by atoms with Crippen molar-refractivity contribution in [3.8, 4) is 11.5 Å². The first-order valence-electron chi connectivity index (χ1n) is 10.7. The zero-order chi connectivity index (χ0) is 25.4. The number of ether oxygens (including phenoxy) is 3. The third-order valence-corrected chi connectivity index (χ3v) is 4.71. The lowest BCUT2D eigenvalue weighted by Gasteiger charge is -2.08. The molecule has 0 spiro atoms. The molecule has 0 amide bonds. The molecule has 36 heavy (non-hydrogen) atoms. The van der Waals surface area contributed by atoms with Crippen LogP contribution in [0.4, 0.5) is 17.6 Å². The van der Waals surface area contributed by atoms with Gasteiger partial charge in [-0.05, 0) is 29.8 Å². The van der Waals surface area contributed by atoms with Crippen LogP contribution < -0.4 is 9.47 Å². The molecule has 12 heteroatoms. The Morgan fingerprint density at radius 2 is 1.81 bits per heavy atom. The van der Waals surface area contributed by atoms with Crippen molar-refractivity contribution in [1.82, 2.24) is 20.0 Å². The highest BCUT2D eigenvalue weighted by molar-refractivity contribution is 5.66. The van der Waals surface area contributed by atoms with Crippen LogP contribution in [0.2, 0.25) is 0 Å². The van der Waals surface area contributed by atoms with E-state index < -0.39 is 12.2 Å². The van der Waals surface area contributed by atoms with Gasteiger partial charge in [0.25, 0.3) is 0 Å². The first kappa shape index (κ1) is 24.9. The Labute approximate surface area is 202 Å². The summed E-state index contributed by atoms with van der Waals surface area (Å²) in [5.41, 5.74) is 1.50. The van der Waals surface area contributed by atoms with E-state index in [2.05, 4.69) is 20.0 Å². The molecular weight excluding hydrogens is 484 g/mol. The number of oxazole rings is 1. The van der Waals surface area contributed by atoms with Gasteiger partial charge in [0.15, 0.2) is 0 Å². The quantitative estimate of drug-likeness (QED) is 0.203. The highest BCUT2D eigenvalue weighted by Gasteiger charge is 2.30. The summed E-state index contributed by atoms with van der Waals surface area (Å²) in [6.07, 6.45) is 3.11. The van der Waals surface area contributed by atoms with E-state index in [4.69, 9.17) is 13.9 Å². The van der Waals surface area contributed by atoms with Crippen LogP contribution >= 0.6 is 0 Å². The summed E-state index contributed by atoms with van der Waals surface area (Å²) in [4.78, 5) is 4.24. The molecule has 0 N–H and O–H groups in total. The van der Waals surface area contributed by atoms with Crippen molar-refractivity contribution in [3.63, 3.8) is 0 Å². The Morgan fingerprint density at radius 3 is 2.53 bits per heavy atom. The van der Waals surface area contributed by atoms with E-state index >= 15 is 0 Å². The molecule has 2 aromatic carbocycles. The van der Waals surface area contributed by atoms with Gasteiger partial charge in [-0.15, -0.1) is 18.3 Å². The van der Waals surface area contributed by atoms with E-state index in [9.17, 15) is 17.6 Å². The smallest absolute Gasteiger partial charge is 0.487 e. The summed E-state index contributed by atoms with van der Waals surface area (Å²) in [6.45, 7) is 1.04. The number of halogens is 4. The lowest BCUT2D eigenvalue weighted by molar-refractivity contribution is -0.274. The van der Waals surface area contributed by atoms with Gasteiger partial charge in [0.2, 0.25) is 5.89 Å². The van der Waals surface area contributed by atoms with E-state index in [1.54, 1.807) is 41.4 Å². The second-order valence-corrected chi connectivity index (χ2v) is 7.39. The van der Waals surface area contributed by atoms with Gasteiger partial charge in [-0.3, -0.25) is 4.68 Å². The van der Waals surface area contributed by atoms with E-state index in [1.165, 1.54) is 36.6 Å². The second kappa shape index (κ2) is 11.5. The van der Waals surface area contributed by atoms with Crippen LogP contribution in [-0.2, 0) is 24.5 Å². The largest absolute Gasteiger partial charge is 0.573 e. The molecular formula is C24H20F4N4O4. The minimum absolute atomic E-state index is 0.0496. The van der Waals surface area contributed by atoms with Crippen LogP contribution in [0.5, 0.6) is 11.5 Å². The third kappa shape index (κ3) is 7.67. The van der Waals surface area contributed by atoms with E-state index in [0.717, 1.165) is 0 Å². The van der Waals surface area contributed by atoms with Gasteiger partial charge in [0, 0.05) is 23.9 Å². The highest BCUT2D eigenvalue weighted by Crippen LogP contribution is 2.23. The number of benzene rings is 2. The first-order valence-corrected chi connectivity index (χ1v) is 10.7. The lowest BCUT2D eigenvalue weighted by atomic mass is 10.2. The molecule has 0 radical (unpaired) electrons. The van der Waals surface area contributed by atoms with Crippen LogP contribution in [0.15, 0.2) is 65.5 Å². The lowest BCUT2D eigenvalue weighted by Crippen LogP contribution is -2.16. The SMILES string of the molecule is Fc1cc(OCc2coc(/C=C/c3ccc(OC(F)(F)F)cc3)n2)ccc1COCCn1ccnn1. The minimum Gasteiger partial charge on any atom is -0.487 e. The Kier molecular flexibility index (Phi) is 7.95. The average Bonchev–Trinajstić information content (AvgIpc) is 3.52. The van der Waals surface area contributed by atoms with Crippen molar-refractivity contribution in [2.24, 2.45) is 0 Å². The molecule has 0 saturated carbocycles. The fourth-order valence-electron chi connectivity index (χ4n) is 3.00. The van der Waals surface area contributed by atoms with Crippen LogP contribution in [0.25, 0.3) is 12.2 Å². The van der Waals surface area contributed by atoms with Gasteiger partial charge in [0.05, 0.1) is 26.0 Å². The normalized spacial score (nSPS) is 11.8. The number of hydrogen-bond donors (Lipinski definition) is 0. The summed E-state index contributed by atoms with van der Waals surface area (Å²) in [5.74, 6) is -0.173.